The van der Waals surface area contributed by atoms with Crippen LogP contribution in [0.2, 0.25) is 5.02 Å². The summed E-state index contributed by atoms with van der Waals surface area (Å²) in [5, 5.41) is 17.4. The second-order valence-corrected chi connectivity index (χ2v) is 6.70. The Bertz CT molecular complexity index is 1150. The molecule has 0 aliphatic carbocycles. The van der Waals surface area contributed by atoms with Gasteiger partial charge >= 0.3 is 0 Å². The van der Waals surface area contributed by atoms with Crippen molar-refractivity contribution in [2.24, 2.45) is 0 Å². The van der Waals surface area contributed by atoms with E-state index in [4.69, 9.17) is 16.7 Å². The van der Waals surface area contributed by atoms with Crippen LogP contribution in [0.1, 0.15) is 21.6 Å². The van der Waals surface area contributed by atoms with Crippen molar-refractivity contribution in [1.82, 2.24) is 14.8 Å². The van der Waals surface area contributed by atoms with Gasteiger partial charge in [-0.15, -0.1) is 0 Å². The molecule has 2 aromatic heterocycles. The minimum Gasteiger partial charge on any atom is -0.392 e. The molecule has 0 spiro atoms. The molecule has 0 aliphatic rings. The van der Waals surface area contributed by atoms with Crippen molar-refractivity contribution in [3.05, 3.63) is 82.6 Å². The number of carbonyl (C=O) groups is 1. The lowest BCUT2D eigenvalue weighted by Crippen LogP contribution is -2.13. The lowest BCUT2D eigenvalue weighted by atomic mass is 10.1. The van der Waals surface area contributed by atoms with Crippen molar-refractivity contribution in [2.45, 2.75) is 13.5 Å². The first-order chi connectivity index (χ1) is 13.6. The molecule has 0 bridgehead atoms. The molecule has 0 saturated carbocycles. The summed E-state index contributed by atoms with van der Waals surface area (Å²) in [5.41, 5.74) is 3.80. The molecule has 6 nitrogen and oxygen atoms in total. The minimum atomic E-state index is -0.358. The highest BCUT2D eigenvalue weighted by Crippen LogP contribution is 2.30. The fraction of sp³-hybridized carbons (Fsp3) is 0.0952. The monoisotopic (exact) mass is 392 g/mol. The number of halogens is 1. The Morgan fingerprint density at radius 1 is 1.14 bits per heavy atom. The number of aliphatic hydroxyl groups is 1. The highest BCUT2D eigenvalue weighted by molar-refractivity contribution is 6.39. The molecule has 2 heterocycles. The Hall–Kier alpha value is -3.22. The molecular weight excluding hydrogens is 376 g/mol. The molecule has 2 aromatic carbocycles. The van der Waals surface area contributed by atoms with Gasteiger partial charge in [-0.25, -0.2) is 9.67 Å². The van der Waals surface area contributed by atoms with Gasteiger partial charge in [0, 0.05) is 11.9 Å². The third kappa shape index (κ3) is 3.24. The first kappa shape index (κ1) is 18.2. The van der Waals surface area contributed by atoms with E-state index in [9.17, 15) is 4.79 Å². The molecule has 4 aromatic rings. The van der Waals surface area contributed by atoms with Gasteiger partial charge in [0.1, 0.15) is 0 Å². The predicted octanol–water partition coefficient (Wildman–Crippen LogP) is 4.13. The molecule has 7 heteroatoms. The van der Waals surface area contributed by atoms with E-state index in [1.165, 1.54) is 6.20 Å². The molecular formula is C21H17ClN4O2. The van der Waals surface area contributed by atoms with Crippen molar-refractivity contribution >= 4 is 34.2 Å². The van der Waals surface area contributed by atoms with E-state index < -0.39 is 0 Å². The van der Waals surface area contributed by atoms with Crippen LogP contribution in [0, 0.1) is 6.92 Å². The van der Waals surface area contributed by atoms with Crippen LogP contribution in [0.15, 0.2) is 60.8 Å². The van der Waals surface area contributed by atoms with E-state index in [2.05, 4.69) is 15.4 Å². The van der Waals surface area contributed by atoms with Crippen LogP contribution in [-0.2, 0) is 6.61 Å². The Morgan fingerprint density at radius 2 is 1.86 bits per heavy atom. The highest BCUT2D eigenvalue weighted by Gasteiger charge is 2.20. The van der Waals surface area contributed by atoms with E-state index in [1.54, 1.807) is 28.9 Å². The van der Waals surface area contributed by atoms with Gasteiger partial charge in [0.05, 0.1) is 34.0 Å². The number of aromatic nitrogens is 3. The lowest BCUT2D eigenvalue weighted by Gasteiger charge is -2.08. The van der Waals surface area contributed by atoms with Crippen LogP contribution in [0.4, 0.5) is 5.69 Å². The number of amides is 1. The fourth-order valence-electron chi connectivity index (χ4n) is 3.01. The summed E-state index contributed by atoms with van der Waals surface area (Å²) in [7, 11) is 0. The maximum absolute atomic E-state index is 12.7. The van der Waals surface area contributed by atoms with Crippen LogP contribution >= 0.6 is 11.6 Å². The molecule has 28 heavy (non-hydrogen) atoms. The normalized spacial score (nSPS) is 11.0. The number of rotatable bonds is 4. The molecule has 4 rings (SSSR count). The van der Waals surface area contributed by atoms with Crippen molar-refractivity contribution in [3.8, 4) is 5.69 Å². The highest BCUT2D eigenvalue weighted by atomic mass is 35.5. The van der Waals surface area contributed by atoms with Crippen LogP contribution in [0.3, 0.4) is 0 Å². The Balaban J connectivity index is 1.71. The smallest absolute Gasteiger partial charge is 0.258 e. The molecule has 140 valence electrons. The molecule has 2 N–H and O–H groups in total. The average molecular weight is 393 g/mol. The zero-order chi connectivity index (χ0) is 19.7. The van der Waals surface area contributed by atoms with Gasteiger partial charge in [-0.1, -0.05) is 41.9 Å². The average Bonchev–Trinajstić information content (AvgIpc) is 3.07. The number of fused-ring (bicyclic) bond motifs is 1. The summed E-state index contributed by atoms with van der Waals surface area (Å²) in [6.45, 7) is 1.79. The largest absolute Gasteiger partial charge is 0.392 e. The standard InChI is InChI=1S/C21H17ClN4O2/c1-13-18-19(22)17(21(28)24-15-9-7-14(12-27)8-10-15)11-23-20(18)26(25-13)16-5-3-2-4-6-16/h2-11,27H,12H2,1H3,(H,24,28). The van der Waals surface area contributed by atoms with E-state index >= 15 is 0 Å². The van der Waals surface area contributed by atoms with Crippen molar-refractivity contribution in [2.75, 3.05) is 5.32 Å². The maximum atomic E-state index is 12.7. The van der Waals surface area contributed by atoms with Gasteiger partial charge in [0.25, 0.3) is 5.91 Å². The van der Waals surface area contributed by atoms with E-state index in [0.717, 1.165) is 11.3 Å². The van der Waals surface area contributed by atoms with Crippen molar-refractivity contribution in [3.63, 3.8) is 0 Å². The number of aryl methyl sites for hydroxylation is 1. The lowest BCUT2D eigenvalue weighted by molar-refractivity contribution is 0.102. The van der Waals surface area contributed by atoms with E-state index in [-0.39, 0.29) is 18.1 Å². The number of pyridine rings is 1. The van der Waals surface area contributed by atoms with Crippen LogP contribution in [-0.4, -0.2) is 25.8 Å². The van der Waals surface area contributed by atoms with Crippen LogP contribution < -0.4 is 5.32 Å². The first-order valence-electron chi connectivity index (χ1n) is 8.69. The summed E-state index contributed by atoms with van der Waals surface area (Å²) in [6, 6.07) is 16.6. The molecule has 1 amide bonds. The molecule has 0 radical (unpaired) electrons. The van der Waals surface area contributed by atoms with Gasteiger partial charge in [-0.3, -0.25) is 4.79 Å². The van der Waals surface area contributed by atoms with E-state index in [1.807, 2.05) is 37.3 Å². The zero-order valence-electron chi connectivity index (χ0n) is 15.1. The number of carbonyl (C=O) groups excluding carboxylic acids is 1. The van der Waals surface area contributed by atoms with Crippen molar-refractivity contribution < 1.29 is 9.90 Å². The molecule has 0 atom stereocenters. The summed E-state index contributed by atoms with van der Waals surface area (Å²) in [5.74, 6) is -0.358. The van der Waals surface area contributed by atoms with Crippen LogP contribution in [0.25, 0.3) is 16.7 Å². The number of benzene rings is 2. The Labute approximate surface area is 166 Å². The molecule has 0 saturated heterocycles. The Morgan fingerprint density at radius 3 is 2.54 bits per heavy atom. The number of hydrogen-bond donors (Lipinski definition) is 2. The number of para-hydroxylation sites is 1. The van der Waals surface area contributed by atoms with Gasteiger partial charge in [-0.05, 0) is 36.8 Å². The fourth-order valence-corrected chi connectivity index (χ4v) is 3.36. The third-order valence-electron chi connectivity index (χ3n) is 4.45. The van der Waals surface area contributed by atoms with Crippen molar-refractivity contribution in [1.29, 1.82) is 0 Å². The van der Waals surface area contributed by atoms with Gasteiger partial charge in [0.2, 0.25) is 0 Å². The summed E-state index contributed by atoms with van der Waals surface area (Å²) in [4.78, 5) is 17.2. The number of nitrogens with zero attached hydrogens (tertiary/aromatic N) is 3. The van der Waals surface area contributed by atoms with Gasteiger partial charge in [-0.2, -0.15) is 5.10 Å². The molecule has 0 fully saturated rings. The summed E-state index contributed by atoms with van der Waals surface area (Å²) >= 11 is 6.57. The van der Waals surface area contributed by atoms with E-state index in [0.29, 0.717) is 27.4 Å². The van der Waals surface area contributed by atoms with Crippen LogP contribution in [0.5, 0.6) is 0 Å². The molecule has 0 aliphatic heterocycles. The van der Waals surface area contributed by atoms with Gasteiger partial charge in [0.15, 0.2) is 5.65 Å². The second kappa shape index (κ2) is 7.42. The number of hydrogen-bond acceptors (Lipinski definition) is 4. The summed E-state index contributed by atoms with van der Waals surface area (Å²) < 4.78 is 1.71. The number of aliphatic hydroxyl groups excluding tert-OH is 1. The topological polar surface area (TPSA) is 80.0 Å². The minimum absolute atomic E-state index is 0.0503. The second-order valence-electron chi connectivity index (χ2n) is 6.33. The third-order valence-corrected chi connectivity index (χ3v) is 4.84. The maximum Gasteiger partial charge on any atom is 0.258 e. The summed E-state index contributed by atoms with van der Waals surface area (Å²) in [6.07, 6.45) is 1.46. The zero-order valence-corrected chi connectivity index (χ0v) is 15.8. The Kier molecular flexibility index (Phi) is 4.81. The number of anilines is 1. The predicted molar refractivity (Wildman–Crippen MR) is 109 cm³/mol. The number of nitrogens with one attached hydrogen (secondary N) is 1. The SMILES string of the molecule is Cc1nn(-c2ccccc2)c2ncc(C(=O)Nc3ccc(CO)cc3)c(Cl)c12. The molecule has 0 unspecified atom stereocenters. The quantitative estimate of drug-likeness (QED) is 0.547. The first-order valence-corrected chi connectivity index (χ1v) is 9.06. The van der Waals surface area contributed by atoms with Gasteiger partial charge < -0.3 is 10.4 Å².